The number of benzene rings is 2. The molecule has 2 aliphatic rings. The minimum absolute atomic E-state index is 0.168. The van der Waals surface area contributed by atoms with Crippen LogP contribution in [0.2, 0.25) is 0 Å². The third kappa shape index (κ3) is 4.74. The number of nitro groups is 1. The Labute approximate surface area is 233 Å². The molecule has 1 saturated carbocycles. The number of carbonyl (C=O) groups is 3. The molecular weight excluding hydrogens is 516 g/mol. The van der Waals surface area contributed by atoms with Gasteiger partial charge in [0.15, 0.2) is 0 Å². The van der Waals surface area contributed by atoms with Crippen LogP contribution in [-0.4, -0.2) is 51.3 Å². The zero-order valence-electron chi connectivity index (χ0n) is 23.8. The van der Waals surface area contributed by atoms with E-state index in [0.29, 0.717) is 5.56 Å². The second-order valence-corrected chi connectivity index (χ2v) is 12.5. The van der Waals surface area contributed by atoms with Crippen molar-refractivity contribution in [3.63, 3.8) is 0 Å². The van der Waals surface area contributed by atoms with Crippen LogP contribution >= 0.6 is 0 Å². The van der Waals surface area contributed by atoms with Gasteiger partial charge in [-0.25, -0.2) is 9.69 Å². The summed E-state index contributed by atoms with van der Waals surface area (Å²) in [6.45, 7) is 11.5. The number of carbonyl (C=O) groups excluding carboxylic acids is 3. The summed E-state index contributed by atoms with van der Waals surface area (Å²) in [7, 11) is 0. The van der Waals surface area contributed by atoms with Gasteiger partial charge in [-0.2, -0.15) is 0 Å². The molecule has 4 rings (SSSR count). The Morgan fingerprint density at radius 1 is 0.950 bits per heavy atom. The van der Waals surface area contributed by atoms with Crippen molar-refractivity contribution in [1.29, 1.82) is 0 Å². The summed E-state index contributed by atoms with van der Waals surface area (Å²) >= 11 is 0. The monoisotopic (exact) mass is 552 g/mol. The zero-order chi connectivity index (χ0) is 29.8. The van der Waals surface area contributed by atoms with Gasteiger partial charge in [-0.1, -0.05) is 55.5 Å². The van der Waals surface area contributed by atoms with Crippen molar-refractivity contribution < 1.29 is 33.9 Å². The van der Waals surface area contributed by atoms with Gasteiger partial charge in [0, 0.05) is 10.8 Å². The van der Waals surface area contributed by atoms with Crippen molar-refractivity contribution in [2.24, 2.45) is 11.8 Å². The fourth-order valence-electron chi connectivity index (χ4n) is 6.23. The van der Waals surface area contributed by atoms with E-state index in [2.05, 4.69) is 0 Å². The number of hydrogen-bond acceptors (Lipinski definition) is 8. The normalized spacial score (nSPS) is 28.2. The maximum atomic E-state index is 14.9. The largest absolute Gasteiger partial charge is 0.460 e. The van der Waals surface area contributed by atoms with Gasteiger partial charge in [-0.05, 0) is 58.7 Å². The number of imide groups is 1. The van der Waals surface area contributed by atoms with Gasteiger partial charge >= 0.3 is 12.1 Å². The molecule has 2 amide bonds. The molecule has 1 spiro atoms. The van der Waals surface area contributed by atoms with Gasteiger partial charge in [0.2, 0.25) is 11.9 Å². The Balaban J connectivity index is 2.11. The highest BCUT2D eigenvalue weighted by atomic mass is 16.6. The van der Waals surface area contributed by atoms with Crippen molar-refractivity contribution in [1.82, 2.24) is 0 Å². The van der Waals surface area contributed by atoms with Crippen molar-refractivity contribution in [3.8, 4) is 0 Å². The molecule has 0 unspecified atom stereocenters. The zero-order valence-corrected chi connectivity index (χ0v) is 23.8. The summed E-state index contributed by atoms with van der Waals surface area (Å²) in [5.41, 5.74) is -3.07. The highest BCUT2D eigenvalue weighted by molar-refractivity contribution is 6.22. The lowest BCUT2D eigenvalue weighted by molar-refractivity contribution is -0.547. The van der Waals surface area contributed by atoms with Gasteiger partial charge in [0.05, 0.1) is 17.5 Å². The third-order valence-electron chi connectivity index (χ3n) is 7.52. The van der Waals surface area contributed by atoms with Crippen molar-refractivity contribution in [2.75, 3.05) is 4.90 Å². The molecule has 1 fully saturated rings. The summed E-state index contributed by atoms with van der Waals surface area (Å²) < 4.78 is 11.4. The molecule has 6 atom stereocenters. The number of anilines is 1. The van der Waals surface area contributed by atoms with Crippen molar-refractivity contribution >= 4 is 23.7 Å². The first-order chi connectivity index (χ1) is 18.5. The Bertz CT molecular complexity index is 1330. The molecule has 0 aromatic heterocycles. The standard InChI is InChI=1S/C30H36N2O8/c1-17-21(25(34)39-28(2,3)4)30(22(18-13-9-8-10-14-18)23(24(17)33)32(37)38)19-15-11-12-16-20(19)31(26(30)35)27(36)40-29(5,6)7/h8-17,21-24,33H,1-7H3/t17-,21+,22-,23+,24+,30-/m1/s1. The number of aliphatic hydroxyl groups is 1. The lowest BCUT2D eigenvalue weighted by Crippen LogP contribution is -2.67. The summed E-state index contributed by atoms with van der Waals surface area (Å²) in [5.74, 6) is -5.41. The molecule has 0 bridgehead atoms. The maximum Gasteiger partial charge on any atom is 0.421 e. The van der Waals surface area contributed by atoms with E-state index in [9.17, 15) is 29.6 Å². The van der Waals surface area contributed by atoms with Gasteiger partial charge in [-0.3, -0.25) is 19.7 Å². The van der Waals surface area contributed by atoms with Crippen LogP contribution in [-0.2, 0) is 24.5 Å². The number of nitrogens with zero attached hydrogens (tertiary/aromatic N) is 2. The summed E-state index contributed by atoms with van der Waals surface area (Å²) in [6, 6.07) is 13.1. The van der Waals surface area contributed by atoms with Crippen LogP contribution in [0.4, 0.5) is 10.5 Å². The predicted octanol–water partition coefficient (Wildman–Crippen LogP) is 4.60. The molecule has 1 N–H and O–H groups in total. The van der Waals surface area contributed by atoms with Crippen LogP contribution in [0, 0.1) is 22.0 Å². The number of hydrogen-bond donors (Lipinski definition) is 1. The third-order valence-corrected chi connectivity index (χ3v) is 7.52. The van der Waals surface area contributed by atoms with Crippen LogP contribution in [0.1, 0.15) is 65.5 Å². The Kier molecular flexibility index (Phi) is 7.30. The fraction of sp³-hybridized carbons (Fsp3) is 0.500. The van der Waals surface area contributed by atoms with E-state index in [4.69, 9.17) is 9.47 Å². The molecule has 10 nitrogen and oxygen atoms in total. The first kappa shape index (κ1) is 29.2. The number of para-hydroxylation sites is 1. The lowest BCUT2D eigenvalue weighted by Gasteiger charge is -2.50. The lowest BCUT2D eigenvalue weighted by atomic mass is 9.50. The SMILES string of the molecule is C[C@H]1[C@H](O)[C@@H]([N+](=O)[O-])[C@@H](c2ccccc2)[C@]2(C(=O)N(C(=O)OC(C)(C)C)c3ccccc32)[C@@H]1C(=O)OC(C)(C)C. The number of esters is 1. The maximum absolute atomic E-state index is 14.9. The summed E-state index contributed by atoms with van der Waals surface area (Å²) in [4.78, 5) is 55.4. The molecule has 2 aromatic rings. The van der Waals surface area contributed by atoms with Crippen LogP contribution in [0.15, 0.2) is 54.6 Å². The Morgan fingerprint density at radius 3 is 2.05 bits per heavy atom. The molecular formula is C30H36N2O8. The molecule has 1 aliphatic carbocycles. The molecule has 214 valence electrons. The fourth-order valence-corrected chi connectivity index (χ4v) is 6.23. The number of aliphatic hydroxyl groups excluding tert-OH is 1. The number of rotatable bonds is 3. The minimum atomic E-state index is -1.96. The van der Waals surface area contributed by atoms with E-state index in [-0.39, 0.29) is 11.3 Å². The summed E-state index contributed by atoms with van der Waals surface area (Å²) in [6.07, 6.45) is -2.56. The first-order valence-corrected chi connectivity index (χ1v) is 13.3. The van der Waals surface area contributed by atoms with E-state index in [1.165, 1.54) is 6.92 Å². The second-order valence-electron chi connectivity index (χ2n) is 12.5. The van der Waals surface area contributed by atoms with Gasteiger partial charge in [-0.15, -0.1) is 0 Å². The number of fused-ring (bicyclic) bond motifs is 2. The van der Waals surface area contributed by atoms with Crippen LogP contribution in [0.5, 0.6) is 0 Å². The molecule has 1 aliphatic heterocycles. The molecule has 0 saturated heterocycles. The van der Waals surface area contributed by atoms with E-state index in [0.717, 1.165) is 4.90 Å². The quantitative estimate of drug-likeness (QED) is 0.331. The van der Waals surface area contributed by atoms with E-state index >= 15 is 0 Å². The highest BCUT2D eigenvalue weighted by Gasteiger charge is 2.73. The Morgan fingerprint density at radius 2 is 1.50 bits per heavy atom. The van der Waals surface area contributed by atoms with Gasteiger partial charge in [0.25, 0.3) is 0 Å². The second kappa shape index (κ2) is 9.99. The molecule has 10 heteroatoms. The van der Waals surface area contributed by atoms with Gasteiger partial charge < -0.3 is 14.6 Å². The first-order valence-electron chi connectivity index (χ1n) is 13.3. The molecule has 40 heavy (non-hydrogen) atoms. The van der Waals surface area contributed by atoms with Crippen molar-refractivity contribution in [3.05, 3.63) is 75.8 Å². The number of amides is 2. The average molecular weight is 553 g/mol. The van der Waals surface area contributed by atoms with E-state index < -0.39 is 69.4 Å². The highest BCUT2D eigenvalue weighted by Crippen LogP contribution is 2.61. The minimum Gasteiger partial charge on any atom is -0.460 e. The summed E-state index contributed by atoms with van der Waals surface area (Å²) in [5, 5.41) is 24.1. The average Bonchev–Trinajstić information content (AvgIpc) is 3.08. The van der Waals surface area contributed by atoms with Crippen molar-refractivity contribution in [2.45, 2.75) is 83.1 Å². The molecule has 2 aromatic carbocycles. The topological polar surface area (TPSA) is 136 Å². The van der Waals surface area contributed by atoms with Crippen LogP contribution in [0.3, 0.4) is 0 Å². The van der Waals surface area contributed by atoms with Crippen LogP contribution < -0.4 is 4.90 Å². The Hall–Kier alpha value is -3.79. The molecule has 1 heterocycles. The molecule has 0 radical (unpaired) electrons. The van der Waals surface area contributed by atoms with E-state index in [1.54, 1.807) is 96.1 Å². The predicted molar refractivity (Wildman–Crippen MR) is 146 cm³/mol. The van der Waals surface area contributed by atoms with Gasteiger partial charge in [0.1, 0.15) is 22.7 Å². The smallest absolute Gasteiger partial charge is 0.421 e. The van der Waals surface area contributed by atoms with Crippen LogP contribution in [0.25, 0.3) is 0 Å². The van der Waals surface area contributed by atoms with E-state index in [1.807, 2.05) is 0 Å². The number of ether oxygens (including phenoxy) is 2.